The Morgan fingerprint density at radius 1 is 0.750 bits per heavy atom. The van der Waals surface area contributed by atoms with E-state index >= 15 is 0 Å². The van der Waals surface area contributed by atoms with E-state index in [9.17, 15) is 4.39 Å². The first kappa shape index (κ1) is 19.6. The number of rotatable bonds is 6. The van der Waals surface area contributed by atoms with Gasteiger partial charge in [0.05, 0.1) is 0 Å². The van der Waals surface area contributed by atoms with Gasteiger partial charge in [0.2, 0.25) is 0 Å². The Morgan fingerprint density at radius 3 is 2.11 bits per heavy atom. The van der Waals surface area contributed by atoms with Crippen LogP contribution in [0.1, 0.15) is 49.1 Å². The van der Waals surface area contributed by atoms with E-state index in [1.54, 1.807) is 12.1 Å². The standard InChI is InChI=1S/C25H33FN2/c26-25-9-5-4-8-24(25)23-13-18-27(19-14-23)15-10-21-11-16-28(17-12-21)20-22-6-2-1-3-7-22/h1-9,21,23H,10-20H2. The lowest BCUT2D eigenvalue weighted by atomic mass is 9.88. The van der Waals surface area contributed by atoms with Crippen molar-refractivity contribution in [3.63, 3.8) is 0 Å². The van der Waals surface area contributed by atoms with Crippen LogP contribution in [0.15, 0.2) is 54.6 Å². The molecule has 150 valence electrons. The van der Waals surface area contributed by atoms with E-state index in [0.29, 0.717) is 5.92 Å². The van der Waals surface area contributed by atoms with Crippen LogP contribution < -0.4 is 0 Å². The van der Waals surface area contributed by atoms with Crippen LogP contribution in [0.3, 0.4) is 0 Å². The van der Waals surface area contributed by atoms with Gasteiger partial charge in [0.25, 0.3) is 0 Å². The van der Waals surface area contributed by atoms with Gasteiger partial charge < -0.3 is 4.90 Å². The number of hydrogen-bond donors (Lipinski definition) is 0. The van der Waals surface area contributed by atoms with Gasteiger partial charge >= 0.3 is 0 Å². The zero-order valence-electron chi connectivity index (χ0n) is 16.9. The predicted octanol–water partition coefficient (Wildman–Crippen LogP) is 5.31. The average Bonchev–Trinajstić information content (AvgIpc) is 2.75. The topological polar surface area (TPSA) is 6.48 Å². The molecule has 2 fully saturated rings. The molecule has 0 unspecified atom stereocenters. The third-order valence-electron chi connectivity index (χ3n) is 6.74. The third kappa shape index (κ3) is 5.21. The first-order valence-corrected chi connectivity index (χ1v) is 11.0. The number of benzene rings is 2. The molecule has 2 aromatic carbocycles. The molecule has 4 rings (SSSR count). The number of likely N-dealkylation sites (tertiary alicyclic amines) is 2. The van der Waals surface area contributed by atoms with Crippen molar-refractivity contribution in [2.24, 2.45) is 5.92 Å². The molecule has 0 bridgehead atoms. The van der Waals surface area contributed by atoms with Crippen LogP contribution in [0, 0.1) is 11.7 Å². The SMILES string of the molecule is Fc1ccccc1C1CCN(CCC2CCN(Cc3ccccc3)CC2)CC1. The summed E-state index contributed by atoms with van der Waals surface area (Å²) < 4.78 is 14.0. The van der Waals surface area contributed by atoms with Crippen molar-refractivity contribution in [3.8, 4) is 0 Å². The van der Waals surface area contributed by atoms with Gasteiger partial charge in [0.15, 0.2) is 0 Å². The summed E-state index contributed by atoms with van der Waals surface area (Å²) in [6.45, 7) is 7.01. The maximum atomic E-state index is 14.0. The van der Waals surface area contributed by atoms with Gasteiger partial charge in [-0.25, -0.2) is 4.39 Å². The molecule has 2 nitrogen and oxygen atoms in total. The van der Waals surface area contributed by atoms with Crippen LogP contribution in [-0.4, -0.2) is 42.5 Å². The first-order chi connectivity index (χ1) is 13.8. The largest absolute Gasteiger partial charge is 0.303 e. The van der Waals surface area contributed by atoms with Crippen LogP contribution in [-0.2, 0) is 6.54 Å². The van der Waals surface area contributed by atoms with E-state index < -0.39 is 0 Å². The van der Waals surface area contributed by atoms with Crippen LogP contribution in [0.4, 0.5) is 4.39 Å². The summed E-state index contributed by atoms with van der Waals surface area (Å²) in [4.78, 5) is 5.21. The molecule has 28 heavy (non-hydrogen) atoms. The number of nitrogens with zero attached hydrogens (tertiary/aromatic N) is 2. The van der Waals surface area contributed by atoms with Crippen LogP contribution in [0.5, 0.6) is 0 Å². The highest BCUT2D eigenvalue weighted by atomic mass is 19.1. The fourth-order valence-electron chi connectivity index (χ4n) is 4.91. The van der Waals surface area contributed by atoms with Crippen molar-refractivity contribution in [1.82, 2.24) is 9.80 Å². The van der Waals surface area contributed by atoms with Crippen molar-refractivity contribution in [1.29, 1.82) is 0 Å². The lowest BCUT2D eigenvalue weighted by Gasteiger charge is -2.35. The van der Waals surface area contributed by atoms with Gasteiger partial charge in [0, 0.05) is 6.54 Å². The van der Waals surface area contributed by atoms with Crippen LogP contribution in [0.2, 0.25) is 0 Å². The van der Waals surface area contributed by atoms with Crippen LogP contribution >= 0.6 is 0 Å². The van der Waals surface area contributed by atoms with E-state index in [2.05, 4.69) is 40.1 Å². The maximum absolute atomic E-state index is 14.0. The molecule has 0 saturated carbocycles. The lowest BCUT2D eigenvalue weighted by Crippen LogP contribution is -2.37. The minimum atomic E-state index is -0.0248. The molecule has 2 aliphatic rings. The highest BCUT2D eigenvalue weighted by molar-refractivity contribution is 5.22. The van der Waals surface area contributed by atoms with Gasteiger partial charge in [-0.3, -0.25) is 4.90 Å². The molecule has 2 aromatic rings. The molecule has 0 spiro atoms. The fraction of sp³-hybridized carbons (Fsp3) is 0.520. The Morgan fingerprint density at radius 2 is 1.39 bits per heavy atom. The number of hydrogen-bond acceptors (Lipinski definition) is 2. The van der Waals surface area contributed by atoms with Crippen molar-refractivity contribution < 1.29 is 4.39 Å². The first-order valence-electron chi connectivity index (χ1n) is 11.0. The van der Waals surface area contributed by atoms with Crippen molar-refractivity contribution in [2.75, 3.05) is 32.7 Å². The Hall–Kier alpha value is -1.71. The zero-order chi connectivity index (χ0) is 19.2. The minimum Gasteiger partial charge on any atom is -0.303 e. The normalized spacial score (nSPS) is 20.5. The van der Waals surface area contributed by atoms with Gasteiger partial charge in [0.1, 0.15) is 5.82 Å². The molecule has 0 atom stereocenters. The zero-order valence-corrected chi connectivity index (χ0v) is 16.9. The molecular formula is C25H33FN2. The monoisotopic (exact) mass is 380 g/mol. The van der Waals surface area contributed by atoms with E-state index in [1.807, 2.05) is 12.1 Å². The van der Waals surface area contributed by atoms with Gasteiger partial charge in [-0.2, -0.15) is 0 Å². The van der Waals surface area contributed by atoms with Crippen molar-refractivity contribution in [2.45, 2.75) is 44.6 Å². The molecule has 3 heteroatoms. The Kier molecular flexibility index (Phi) is 6.77. The molecule has 2 heterocycles. The van der Waals surface area contributed by atoms with Crippen molar-refractivity contribution in [3.05, 3.63) is 71.5 Å². The summed E-state index contributed by atoms with van der Waals surface area (Å²) in [5.41, 5.74) is 2.35. The molecule has 2 aliphatic heterocycles. The van der Waals surface area contributed by atoms with Crippen LogP contribution in [0.25, 0.3) is 0 Å². The molecular weight excluding hydrogens is 347 g/mol. The molecule has 0 amide bonds. The van der Waals surface area contributed by atoms with Gasteiger partial charge in [-0.15, -0.1) is 0 Å². The lowest BCUT2D eigenvalue weighted by molar-refractivity contribution is 0.148. The molecule has 0 aromatic heterocycles. The highest BCUT2D eigenvalue weighted by Gasteiger charge is 2.24. The summed E-state index contributed by atoms with van der Waals surface area (Å²) in [7, 11) is 0. The average molecular weight is 381 g/mol. The predicted molar refractivity (Wildman–Crippen MR) is 114 cm³/mol. The van der Waals surface area contributed by atoms with E-state index in [-0.39, 0.29) is 5.82 Å². The summed E-state index contributed by atoms with van der Waals surface area (Å²) in [6.07, 6.45) is 6.17. The number of halogens is 1. The van der Waals surface area contributed by atoms with Gasteiger partial charge in [-0.05, 0) is 93.9 Å². The summed E-state index contributed by atoms with van der Waals surface area (Å²) in [6, 6.07) is 18.2. The Labute approximate surface area is 169 Å². The maximum Gasteiger partial charge on any atom is 0.126 e. The highest BCUT2D eigenvalue weighted by Crippen LogP contribution is 2.30. The second kappa shape index (κ2) is 9.67. The smallest absolute Gasteiger partial charge is 0.126 e. The minimum absolute atomic E-state index is 0.0248. The van der Waals surface area contributed by atoms with E-state index in [0.717, 1.165) is 44.0 Å². The summed E-state index contributed by atoms with van der Waals surface area (Å²) in [5, 5.41) is 0. The molecule has 2 saturated heterocycles. The fourth-order valence-corrected chi connectivity index (χ4v) is 4.91. The number of piperidine rings is 2. The van der Waals surface area contributed by atoms with E-state index in [1.165, 1.54) is 44.5 Å². The second-order valence-corrected chi connectivity index (χ2v) is 8.63. The van der Waals surface area contributed by atoms with E-state index in [4.69, 9.17) is 0 Å². The van der Waals surface area contributed by atoms with Gasteiger partial charge in [-0.1, -0.05) is 48.5 Å². The second-order valence-electron chi connectivity index (χ2n) is 8.63. The quantitative estimate of drug-likeness (QED) is 0.670. The Balaban J connectivity index is 1.15. The summed E-state index contributed by atoms with van der Waals surface area (Å²) in [5.74, 6) is 1.25. The third-order valence-corrected chi connectivity index (χ3v) is 6.74. The molecule has 0 aliphatic carbocycles. The summed E-state index contributed by atoms with van der Waals surface area (Å²) >= 11 is 0. The molecule has 0 N–H and O–H groups in total. The molecule has 0 radical (unpaired) electrons. The van der Waals surface area contributed by atoms with Crippen molar-refractivity contribution >= 4 is 0 Å². The Bertz CT molecular complexity index is 716.